The summed E-state index contributed by atoms with van der Waals surface area (Å²) in [7, 11) is 0. The van der Waals surface area contributed by atoms with Crippen LogP contribution in [0.5, 0.6) is 0 Å². The maximum absolute atomic E-state index is 13.9. The first-order valence-electron chi connectivity index (χ1n) is 7.08. The molecule has 0 aliphatic carbocycles. The number of thioether (sulfide) groups is 1. The molecule has 1 unspecified atom stereocenters. The molecule has 1 heterocycles. The molecule has 2 aromatic carbocycles. The van der Waals surface area contributed by atoms with E-state index in [1.807, 2.05) is 43.0 Å². The van der Waals surface area contributed by atoms with Crippen LogP contribution in [0.25, 0.3) is 0 Å². The van der Waals surface area contributed by atoms with E-state index in [1.54, 1.807) is 6.07 Å². The van der Waals surface area contributed by atoms with Gasteiger partial charge in [-0.05, 0) is 48.9 Å². The molecule has 1 nitrogen and oxygen atoms in total. The number of fused-ring (bicyclic) bond motifs is 1. The number of hydrogen-bond acceptors (Lipinski definition) is 2. The summed E-state index contributed by atoms with van der Waals surface area (Å²) in [6, 6.07) is 13.1. The lowest BCUT2D eigenvalue weighted by Gasteiger charge is -2.29. The zero-order chi connectivity index (χ0) is 14.8. The number of benzene rings is 2. The van der Waals surface area contributed by atoms with Crippen LogP contribution >= 0.6 is 23.4 Å². The standard InChI is InChI=1S/C17H17ClFNS/c1-11(13-4-2-3-5-15(13)19)20-16-8-9-21-17-7-6-12(18)10-14(16)17/h2-7,10-11,16,20H,8-9H2,1H3/t11-,16?/m1/s1. The van der Waals surface area contributed by atoms with E-state index >= 15 is 0 Å². The van der Waals surface area contributed by atoms with Crippen molar-refractivity contribution in [3.05, 3.63) is 64.4 Å². The monoisotopic (exact) mass is 321 g/mol. The maximum atomic E-state index is 13.9. The van der Waals surface area contributed by atoms with E-state index in [-0.39, 0.29) is 17.9 Å². The molecule has 3 rings (SSSR count). The second kappa shape index (κ2) is 6.39. The van der Waals surface area contributed by atoms with Crippen molar-refractivity contribution in [1.82, 2.24) is 5.32 Å². The van der Waals surface area contributed by atoms with E-state index in [1.165, 1.54) is 16.5 Å². The van der Waals surface area contributed by atoms with Crippen LogP contribution in [0.4, 0.5) is 4.39 Å². The van der Waals surface area contributed by atoms with Gasteiger partial charge in [-0.15, -0.1) is 11.8 Å². The van der Waals surface area contributed by atoms with Crippen molar-refractivity contribution in [2.75, 3.05) is 5.75 Å². The van der Waals surface area contributed by atoms with E-state index in [0.29, 0.717) is 5.56 Å². The fraction of sp³-hybridized carbons (Fsp3) is 0.294. The Morgan fingerprint density at radius 1 is 1.29 bits per heavy atom. The van der Waals surface area contributed by atoms with Gasteiger partial charge in [0.05, 0.1) is 0 Å². The van der Waals surface area contributed by atoms with Gasteiger partial charge in [0.1, 0.15) is 5.82 Å². The molecule has 4 heteroatoms. The Hall–Kier alpha value is -1.03. The first kappa shape index (κ1) is 14.9. The fourth-order valence-corrected chi connectivity index (χ4v) is 4.04. The highest BCUT2D eigenvalue weighted by molar-refractivity contribution is 7.99. The van der Waals surface area contributed by atoms with E-state index in [0.717, 1.165) is 17.2 Å². The average molecular weight is 322 g/mol. The molecule has 0 radical (unpaired) electrons. The molecule has 0 bridgehead atoms. The Morgan fingerprint density at radius 2 is 2.10 bits per heavy atom. The molecular formula is C17H17ClFNS. The minimum atomic E-state index is -0.158. The fourth-order valence-electron chi connectivity index (χ4n) is 2.76. The largest absolute Gasteiger partial charge is 0.303 e. The zero-order valence-electron chi connectivity index (χ0n) is 11.8. The van der Waals surface area contributed by atoms with Gasteiger partial charge >= 0.3 is 0 Å². The predicted molar refractivity (Wildman–Crippen MR) is 87.5 cm³/mol. The molecule has 0 spiro atoms. The Bertz CT molecular complexity index is 646. The average Bonchev–Trinajstić information content (AvgIpc) is 2.48. The Labute approximate surface area is 133 Å². The number of rotatable bonds is 3. The zero-order valence-corrected chi connectivity index (χ0v) is 13.3. The van der Waals surface area contributed by atoms with Gasteiger partial charge in [-0.1, -0.05) is 29.8 Å². The first-order chi connectivity index (χ1) is 10.1. The summed E-state index contributed by atoms with van der Waals surface area (Å²) in [5.41, 5.74) is 1.93. The van der Waals surface area contributed by atoms with Gasteiger partial charge in [-0.3, -0.25) is 0 Å². The van der Waals surface area contributed by atoms with E-state index in [9.17, 15) is 4.39 Å². The van der Waals surface area contributed by atoms with Gasteiger partial charge in [0.2, 0.25) is 0 Å². The summed E-state index contributed by atoms with van der Waals surface area (Å²) in [5.74, 6) is 0.907. The normalized spacial score (nSPS) is 19.1. The summed E-state index contributed by atoms with van der Waals surface area (Å²) in [5, 5.41) is 4.30. The lowest BCUT2D eigenvalue weighted by Crippen LogP contribution is -2.27. The summed E-state index contributed by atoms with van der Waals surface area (Å²) in [4.78, 5) is 1.27. The van der Waals surface area contributed by atoms with Gasteiger partial charge < -0.3 is 5.32 Å². The van der Waals surface area contributed by atoms with E-state index in [4.69, 9.17) is 11.6 Å². The highest BCUT2D eigenvalue weighted by atomic mass is 35.5. The van der Waals surface area contributed by atoms with Crippen molar-refractivity contribution in [3.8, 4) is 0 Å². The Morgan fingerprint density at radius 3 is 2.90 bits per heavy atom. The molecule has 0 fully saturated rings. The van der Waals surface area contributed by atoms with Crippen LogP contribution in [0.15, 0.2) is 47.4 Å². The summed E-state index contributed by atoms with van der Waals surface area (Å²) >= 11 is 7.98. The summed E-state index contributed by atoms with van der Waals surface area (Å²) in [6.07, 6.45) is 1.02. The summed E-state index contributed by atoms with van der Waals surface area (Å²) < 4.78 is 13.9. The predicted octanol–water partition coefficient (Wildman–Crippen LogP) is 5.37. The lowest BCUT2D eigenvalue weighted by molar-refractivity contribution is 0.437. The summed E-state index contributed by atoms with van der Waals surface area (Å²) in [6.45, 7) is 2.00. The molecule has 0 saturated heterocycles. The Kier molecular flexibility index (Phi) is 4.53. The smallest absolute Gasteiger partial charge is 0.127 e. The second-order valence-electron chi connectivity index (χ2n) is 5.28. The molecule has 21 heavy (non-hydrogen) atoms. The molecular weight excluding hydrogens is 305 g/mol. The highest BCUT2D eigenvalue weighted by Crippen LogP contribution is 2.38. The quantitative estimate of drug-likeness (QED) is 0.816. The van der Waals surface area contributed by atoms with Crippen LogP contribution in [0.2, 0.25) is 5.02 Å². The molecule has 2 atom stereocenters. The molecule has 2 aromatic rings. The third-order valence-corrected chi connectivity index (χ3v) is 5.19. The SMILES string of the molecule is C[C@@H](NC1CCSc2ccc(Cl)cc21)c1ccccc1F. The van der Waals surface area contributed by atoms with Gasteiger partial charge in [0.25, 0.3) is 0 Å². The third kappa shape index (κ3) is 3.25. The van der Waals surface area contributed by atoms with Gasteiger partial charge in [-0.25, -0.2) is 4.39 Å². The van der Waals surface area contributed by atoms with Crippen LogP contribution in [-0.2, 0) is 0 Å². The number of hydrogen-bond donors (Lipinski definition) is 1. The third-order valence-electron chi connectivity index (χ3n) is 3.83. The van der Waals surface area contributed by atoms with Crippen LogP contribution < -0.4 is 5.32 Å². The van der Waals surface area contributed by atoms with E-state index in [2.05, 4.69) is 11.4 Å². The van der Waals surface area contributed by atoms with Crippen LogP contribution in [0, 0.1) is 5.82 Å². The number of halogens is 2. The molecule has 0 saturated carbocycles. The first-order valence-corrected chi connectivity index (χ1v) is 8.44. The van der Waals surface area contributed by atoms with Crippen molar-refractivity contribution in [2.45, 2.75) is 30.3 Å². The Balaban J connectivity index is 1.83. The van der Waals surface area contributed by atoms with Crippen molar-refractivity contribution in [3.63, 3.8) is 0 Å². The van der Waals surface area contributed by atoms with Crippen LogP contribution in [0.1, 0.15) is 36.6 Å². The minimum absolute atomic E-state index is 0.0360. The molecule has 0 amide bonds. The maximum Gasteiger partial charge on any atom is 0.127 e. The van der Waals surface area contributed by atoms with Gasteiger partial charge in [0, 0.05) is 27.6 Å². The molecule has 110 valence electrons. The van der Waals surface area contributed by atoms with Crippen LogP contribution in [0.3, 0.4) is 0 Å². The lowest BCUT2D eigenvalue weighted by atomic mass is 10.0. The molecule has 1 N–H and O–H groups in total. The van der Waals surface area contributed by atoms with E-state index < -0.39 is 0 Å². The molecule has 1 aliphatic heterocycles. The molecule has 0 aromatic heterocycles. The van der Waals surface area contributed by atoms with Crippen molar-refractivity contribution in [2.24, 2.45) is 0 Å². The van der Waals surface area contributed by atoms with Gasteiger partial charge in [0.15, 0.2) is 0 Å². The van der Waals surface area contributed by atoms with Crippen molar-refractivity contribution < 1.29 is 4.39 Å². The van der Waals surface area contributed by atoms with Crippen molar-refractivity contribution in [1.29, 1.82) is 0 Å². The topological polar surface area (TPSA) is 12.0 Å². The second-order valence-corrected chi connectivity index (χ2v) is 6.85. The van der Waals surface area contributed by atoms with Gasteiger partial charge in [-0.2, -0.15) is 0 Å². The molecule has 1 aliphatic rings. The minimum Gasteiger partial charge on any atom is -0.303 e. The van der Waals surface area contributed by atoms with Crippen LogP contribution in [-0.4, -0.2) is 5.75 Å². The van der Waals surface area contributed by atoms with Crippen molar-refractivity contribution >= 4 is 23.4 Å². The number of nitrogens with one attached hydrogen (secondary N) is 1. The highest BCUT2D eigenvalue weighted by Gasteiger charge is 2.23.